The van der Waals surface area contributed by atoms with E-state index in [4.69, 9.17) is 0 Å². The van der Waals surface area contributed by atoms with Gasteiger partial charge in [0.2, 0.25) is 0 Å². The molecule has 2 N–H and O–H groups in total. The maximum Gasteiger partial charge on any atom is 0.0602 e. The fourth-order valence-electron chi connectivity index (χ4n) is 3.45. The van der Waals surface area contributed by atoms with Crippen molar-refractivity contribution in [2.45, 2.75) is 57.1 Å². The highest BCUT2D eigenvalue weighted by molar-refractivity contribution is 5.70. The van der Waals surface area contributed by atoms with Gasteiger partial charge in [-0.15, -0.1) is 0 Å². The van der Waals surface area contributed by atoms with Gasteiger partial charge in [-0.05, 0) is 57.1 Å². The number of nitrogens with one attached hydrogen (secondary N) is 1. The molecule has 0 amide bonds. The summed E-state index contributed by atoms with van der Waals surface area (Å²) in [4.78, 5) is 2.52. The number of para-hydroxylation sites is 2. The van der Waals surface area contributed by atoms with Crippen LogP contribution in [0.2, 0.25) is 0 Å². The Morgan fingerprint density at radius 1 is 0.950 bits per heavy atom. The highest BCUT2D eigenvalue weighted by Gasteiger charge is 2.21. The topological polar surface area (TPSA) is 35.5 Å². The summed E-state index contributed by atoms with van der Waals surface area (Å²) in [6.45, 7) is 2.37. The van der Waals surface area contributed by atoms with Gasteiger partial charge in [0.1, 0.15) is 0 Å². The highest BCUT2D eigenvalue weighted by Crippen LogP contribution is 2.31. The first kappa shape index (κ1) is 13.7. The van der Waals surface area contributed by atoms with E-state index < -0.39 is 0 Å². The summed E-state index contributed by atoms with van der Waals surface area (Å²) in [6, 6.07) is 9.22. The largest absolute Gasteiger partial charge is 0.393 e. The average Bonchev–Trinajstić information content (AvgIpc) is 2.51. The number of anilines is 2. The zero-order valence-corrected chi connectivity index (χ0v) is 12.2. The molecular formula is C17H26N2O. The predicted molar refractivity (Wildman–Crippen MR) is 84.4 cm³/mol. The zero-order chi connectivity index (χ0) is 13.8. The molecule has 0 atom stereocenters. The SMILES string of the molecule is OC1CCC(Nc2ccccc2N2CCCCC2)CC1. The van der Waals surface area contributed by atoms with Crippen LogP contribution in [0.4, 0.5) is 11.4 Å². The lowest BCUT2D eigenvalue weighted by molar-refractivity contribution is 0.126. The quantitative estimate of drug-likeness (QED) is 0.887. The van der Waals surface area contributed by atoms with Crippen molar-refractivity contribution in [2.24, 2.45) is 0 Å². The summed E-state index contributed by atoms with van der Waals surface area (Å²) >= 11 is 0. The molecule has 110 valence electrons. The van der Waals surface area contributed by atoms with Crippen LogP contribution >= 0.6 is 0 Å². The second-order valence-corrected chi connectivity index (χ2v) is 6.21. The molecule has 3 rings (SSSR count). The fourth-order valence-corrected chi connectivity index (χ4v) is 3.45. The Kier molecular flexibility index (Phi) is 4.46. The van der Waals surface area contributed by atoms with Crippen molar-refractivity contribution in [1.82, 2.24) is 0 Å². The third kappa shape index (κ3) is 3.26. The van der Waals surface area contributed by atoms with Gasteiger partial charge in [0.05, 0.1) is 17.5 Å². The minimum Gasteiger partial charge on any atom is -0.393 e. The van der Waals surface area contributed by atoms with E-state index in [1.165, 1.54) is 43.7 Å². The molecule has 0 radical (unpaired) electrons. The Hall–Kier alpha value is -1.22. The van der Waals surface area contributed by atoms with Crippen LogP contribution in [-0.2, 0) is 0 Å². The Bertz CT molecular complexity index is 421. The van der Waals surface area contributed by atoms with Gasteiger partial charge < -0.3 is 15.3 Å². The van der Waals surface area contributed by atoms with Crippen LogP contribution < -0.4 is 10.2 Å². The molecule has 0 spiro atoms. The molecule has 3 heteroatoms. The predicted octanol–water partition coefficient (Wildman–Crippen LogP) is 3.39. The van der Waals surface area contributed by atoms with E-state index in [0.717, 1.165) is 25.7 Å². The van der Waals surface area contributed by atoms with Gasteiger partial charge in [-0.1, -0.05) is 12.1 Å². The number of nitrogens with zero attached hydrogens (tertiary/aromatic N) is 1. The monoisotopic (exact) mass is 274 g/mol. The van der Waals surface area contributed by atoms with E-state index >= 15 is 0 Å². The van der Waals surface area contributed by atoms with Crippen molar-refractivity contribution in [3.63, 3.8) is 0 Å². The number of hydrogen-bond donors (Lipinski definition) is 2. The number of hydrogen-bond acceptors (Lipinski definition) is 3. The normalized spacial score (nSPS) is 27.4. The molecule has 1 aromatic carbocycles. The lowest BCUT2D eigenvalue weighted by Crippen LogP contribution is -2.32. The van der Waals surface area contributed by atoms with Gasteiger partial charge in [-0.2, -0.15) is 0 Å². The van der Waals surface area contributed by atoms with Crippen LogP contribution in [0.25, 0.3) is 0 Å². The molecule has 1 aliphatic carbocycles. The Morgan fingerprint density at radius 3 is 2.40 bits per heavy atom. The van der Waals surface area contributed by atoms with Crippen molar-refractivity contribution in [3.8, 4) is 0 Å². The Balaban J connectivity index is 1.69. The molecule has 1 aliphatic heterocycles. The third-order valence-electron chi connectivity index (χ3n) is 4.66. The van der Waals surface area contributed by atoms with Crippen molar-refractivity contribution < 1.29 is 5.11 Å². The lowest BCUT2D eigenvalue weighted by Gasteiger charge is -2.33. The first-order valence-corrected chi connectivity index (χ1v) is 8.11. The van der Waals surface area contributed by atoms with E-state index in [2.05, 4.69) is 34.5 Å². The molecule has 2 fully saturated rings. The molecular weight excluding hydrogens is 248 g/mol. The van der Waals surface area contributed by atoms with Crippen molar-refractivity contribution in [2.75, 3.05) is 23.3 Å². The van der Waals surface area contributed by atoms with Crippen LogP contribution in [0.5, 0.6) is 0 Å². The molecule has 3 nitrogen and oxygen atoms in total. The molecule has 0 aromatic heterocycles. The first-order valence-electron chi connectivity index (χ1n) is 8.11. The van der Waals surface area contributed by atoms with Gasteiger partial charge in [-0.3, -0.25) is 0 Å². The minimum absolute atomic E-state index is 0.0783. The van der Waals surface area contributed by atoms with Crippen LogP contribution in [0.1, 0.15) is 44.9 Å². The van der Waals surface area contributed by atoms with E-state index in [-0.39, 0.29) is 6.10 Å². The number of aliphatic hydroxyl groups excluding tert-OH is 1. The Labute approximate surface area is 122 Å². The van der Waals surface area contributed by atoms with Crippen LogP contribution in [0.15, 0.2) is 24.3 Å². The van der Waals surface area contributed by atoms with Gasteiger partial charge in [-0.25, -0.2) is 0 Å². The van der Waals surface area contributed by atoms with E-state index in [1.54, 1.807) is 0 Å². The van der Waals surface area contributed by atoms with Crippen molar-refractivity contribution in [1.29, 1.82) is 0 Å². The minimum atomic E-state index is -0.0783. The summed E-state index contributed by atoms with van der Waals surface area (Å²) in [5, 5.41) is 13.3. The Morgan fingerprint density at radius 2 is 1.65 bits per heavy atom. The van der Waals surface area contributed by atoms with Crippen molar-refractivity contribution in [3.05, 3.63) is 24.3 Å². The summed E-state index contributed by atoms with van der Waals surface area (Å²) in [6.07, 6.45) is 7.93. The van der Waals surface area contributed by atoms with Gasteiger partial charge in [0.15, 0.2) is 0 Å². The maximum absolute atomic E-state index is 9.62. The smallest absolute Gasteiger partial charge is 0.0602 e. The summed E-state index contributed by atoms with van der Waals surface area (Å²) in [5.74, 6) is 0. The van der Waals surface area contributed by atoms with Crippen LogP contribution in [0, 0.1) is 0 Å². The summed E-state index contributed by atoms with van der Waals surface area (Å²) in [5.41, 5.74) is 2.63. The summed E-state index contributed by atoms with van der Waals surface area (Å²) in [7, 11) is 0. The molecule has 1 heterocycles. The van der Waals surface area contributed by atoms with Crippen LogP contribution in [0.3, 0.4) is 0 Å². The number of benzene rings is 1. The second kappa shape index (κ2) is 6.49. The molecule has 1 saturated carbocycles. The van der Waals surface area contributed by atoms with Gasteiger partial charge >= 0.3 is 0 Å². The van der Waals surface area contributed by atoms with E-state index in [1.807, 2.05) is 0 Å². The lowest BCUT2D eigenvalue weighted by atomic mass is 9.93. The summed E-state index contributed by atoms with van der Waals surface area (Å²) < 4.78 is 0. The number of rotatable bonds is 3. The standard InChI is InChI=1S/C17H26N2O/c20-15-10-8-14(9-11-15)18-16-6-2-3-7-17(16)19-12-4-1-5-13-19/h2-3,6-7,14-15,18,20H,1,4-5,8-13H2. The molecule has 1 aromatic rings. The molecule has 0 bridgehead atoms. The van der Waals surface area contributed by atoms with E-state index in [0.29, 0.717) is 6.04 Å². The van der Waals surface area contributed by atoms with Gasteiger partial charge in [0.25, 0.3) is 0 Å². The average molecular weight is 274 g/mol. The second-order valence-electron chi connectivity index (χ2n) is 6.21. The van der Waals surface area contributed by atoms with Gasteiger partial charge in [0, 0.05) is 19.1 Å². The van der Waals surface area contributed by atoms with Crippen LogP contribution in [-0.4, -0.2) is 30.3 Å². The van der Waals surface area contributed by atoms with Crippen molar-refractivity contribution >= 4 is 11.4 Å². The number of piperidine rings is 1. The molecule has 0 unspecified atom stereocenters. The fraction of sp³-hybridized carbons (Fsp3) is 0.647. The molecule has 2 aliphatic rings. The molecule has 1 saturated heterocycles. The first-order chi connectivity index (χ1) is 9.83. The highest BCUT2D eigenvalue weighted by atomic mass is 16.3. The maximum atomic E-state index is 9.62. The molecule has 20 heavy (non-hydrogen) atoms. The zero-order valence-electron chi connectivity index (χ0n) is 12.2. The van der Waals surface area contributed by atoms with E-state index in [9.17, 15) is 5.11 Å². The number of aliphatic hydroxyl groups is 1. The third-order valence-corrected chi connectivity index (χ3v) is 4.66.